The standard InChI is InChI=1S/C16H18N4O/c17-16(20-21)15-8-11(6-7-18-15)10-19-14-9-13(14)12-4-2-1-3-5-12/h1-8,13-14,19,21H,9-10H2,(H2,17,20). The summed E-state index contributed by atoms with van der Waals surface area (Å²) in [6.07, 6.45) is 2.84. The van der Waals surface area contributed by atoms with Crippen LogP contribution < -0.4 is 11.1 Å². The molecule has 108 valence electrons. The average Bonchev–Trinajstić information content (AvgIpc) is 3.33. The van der Waals surface area contributed by atoms with Crippen molar-refractivity contribution in [3.05, 3.63) is 65.5 Å². The minimum atomic E-state index is 0.0328. The second-order valence-corrected chi connectivity index (χ2v) is 5.27. The number of oxime groups is 1. The van der Waals surface area contributed by atoms with Crippen molar-refractivity contribution in [2.45, 2.75) is 24.9 Å². The largest absolute Gasteiger partial charge is 0.409 e. The molecule has 1 heterocycles. The van der Waals surface area contributed by atoms with Crippen LogP contribution in [0.5, 0.6) is 0 Å². The van der Waals surface area contributed by atoms with Gasteiger partial charge in [-0.3, -0.25) is 4.98 Å². The van der Waals surface area contributed by atoms with E-state index in [-0.39, 0.29) is 5.84 Å². The van der Waals surface area contributed by atoms with Gasteiger partial charge >= 0.3 is 0 Å². The number of hydrogen-bond donors (Lipinski definition) is 3. The summed E-state index contributed by atoms with van der Waals surface area (Å²) in [6, 6.07) is 14.8. The van der Waals surface area contributed by atoms with Gasteiger partial charge in [0.2, 0.25) is 0 Å². The van der Waals surface area contributed by atoms with Gasteiger partial charge in [0.15, 0.2) is 5.84 Å². The fraction of sp³-hybridized carbons (Fsp3) is 0.250. The summed E-state index contributed by atoms with van der Waals surface area (Å²) in [5.41, 5.74) is 8.50. The monoisotopic (exact) mass is 282 g/mol. The van der Waals surface area contributed by atoms with Crippen LogP contribution in [0.3, 0.4) is 0 Å². The van der Waals surface area contributed by atoms with Crippen molar-refractivity contribution in [2.75, 3.05) is 0 Å². The van der Waals surface area contributed by atoms with Crippen molar-refractivity contribution in [3.8, 4) is 0 Å². The highest BCUT2D eigenvalue weighted by Gasteiger charge is 2.37. The van der Waals surface area contributed by atoms with Crippen molar-refractivity contribution in [1.29, 1.82) is 0 Å². The van der Waals surface area contributed by atoms with Gasteiger partial charge in [0, 0.05) is 24.7 Å². The molecule has 1 saturated carbocycles. The van der Waals surface area contributed by atoms with E-state index in [2.05, 4.69) is 39.7 Å². The van der Waals surface area contributed by atoms with Crippen LogP contribution in [0.4, 0.5) is 0 Å². The molecule has 1 fully saturated rings. The molecule has 0 saturated heterocycles. The molecule has 4 N–H and O–H groups in total. The van der Waals surface area contributed by atoms with E-state index >= 15 is 0 Å². The molecular formula is C16H18N4O. The van der Waals surface area contributed by atoms with Gasteiger partial charge in [0.25, 0.3) is 0 Å². The molecule has 0 bridgehead atoms. The number of nitrogens with zero attached hydrogens (tertiary/aromatic N) is 2. The fourth-order valence-electron chi connectivity index (χ4n) is 2.51. The van der Waals surface area contributed by atoms with E-state index in [9.17, 15) is 0 Å². The molecule has 0 amide bonds. The highest BCUT2D eigenvalue weighted by molar-refractivity contribution is 5.95. The predicted octanol–water partition coefficient (Wildman–Crippen LogP) is 1.82. The first kappa shape index (κ1) is 13.6. The number of nitrogens with one attached hydrogen (secondary N) is 1. The molecule has 5 nitrogen and oxygen atoms in total. The second-order valence-electron chi connectivity index (χ2n) is 5.27. The Morgan fingerprint density at radius 2 is 2.14 bits per heavy atom. The van der Waals surface area contributed by atoms with E-state index in [1.165, 1.54) is 12.0 Å². The summed E-state index contributed by atoms with van der Waals surface area (Å²) in [5, 5.41) is 15.2. The molecule has 1 aromatic heterocycles. The zero-order valence-corrected chi connectivity index (χ0v) is 11.6. The van der Waals surface area contributed by atoms with Crippen molar-refractivity contribution in [1.82, 2.24) is 10.3 Å². The lowest BCUT2D eigenvalue weighted by Crippen LogP contribution is -2.19. The van der Waals surface area contributed by atoms with Crippen LogP contribution in [0.2, 0.25) is 0 Å². The van der Waals surface area contributed by atoms with E-state index in [0.717, 1.165) is 12.1 Å². The quantitative estimate of drug-likeness (QED) is 0.338. The Bertz CT molecular complexity index is 642. The zero-order chi connectivity index (χ0) is 14.7. The first-order chi connectivity index (χ1) is 10.3. The molecule has 5 heteroatoms. The summed E-state index contributed by atoms with van der Waals surface area (Å²) >= 11 is 0. The summed E-state index contributed by atoms with van der Waals surface area (Å²) in [4.78, 5) is 4.07. The number of pyridine rings is 1. The van der Waals surface area contributed by atoms with Crippen molar-refractivity contribution < 1.29 is 5.21 Å². The molecule has 1 aromatic carbocycles. The van der Waals surface area contributed by atoms with Gasteiger partial charge in [-0.25, -0.2) is 0 Å². The number of nitrogens with two attached hydrogens (primary N) is 1. The molecule has 2 atom stereocenters. The number of hydrogen-bond acceptors (Lipinski definition) is 4. The van der Waals surface area contributed by atoms with Crippen LogP contribution >= 0.6 is 0 Å². The number of amidine groups is 1. The molecule has 0 spiro atoms. The lowest BCUT2D eigenvalue weighted by Gasteiger charge is -2.06. The van der Waals surface area contributed by atoms with Gasteiger partial charge in [-0.05, 0) is 29.7 Å². The molecule has 0 radical (unpaired) electrons. The summed E-state index contributed by atoms with van der Waals surface area (Å²) in [7, 11) is 0. The molecule has 2 aromatic rings. The van der Waals surface area contributed by atoms with Gasteiger partial charge in [0.05, 0.1) is 0 Å². The summed E-state index contributed by atoms with van der Waals surface area (Å²) in [5.74, 6) is 0.641. The third-order valence-corrected chi connectivity index (χ3v) is 3.78. The third-order valence-electron chi connectivity index (χ3n) is 3.78. The normalized spacial score (nSPS) is 21.2. The summed E-state index contributed by atoms with van der Waals surface area (Å²) in [6.45, 7) is 0.752. The lowest BCUT2D eigenvalue weighted by atomic mass is 10.1. The zero-order valence-electron chi connectivity index (χ0n) is 11.6. The SMILES string of the molecule is NC(=NO)c1cc(CNC2CC2c2ccccc2)ccn1. The molecule has 0 aliphatic heterocycles. The Kier molecular flexibility index (Phi) is 3.83. The Morgan fingerprint density at radius 1 is 1.33 bits per heavy atom. The van der Waals surface area contributed by atoms with Crippen molar-refractivity contribution in [3.63, 3.8) is 0 Å². The number of rotatable bonds is 5. The molecule has 2 unspecified atom stereocenters. The molecule has 1 aliphatic rings. The highest BCUT2D eigenvalue weighted by Crippen LogP contribution is 2.40. The maximum atomic E-state index is 8.68. The smallest absolute Gasteiger partial charge is 0.188 e. The van der Waals surface area contributed by atoms with Gasteiger partial charge in [0.1, 0.15) is 5.69 Å². The Balaban J connectivity index is 1.57. The Labute approximate surface area is 123 Å². The topological polar surface area (TPSA) is 83.5 Å². The first-order valence-corrected chi connectivity index (χ1v) is 6.99. The number of aromatic nitrogens is 1. The van der Waals surface area contributed by atoms with Crippen molar-refractivity contribution >= 4 is 5.84 Å². The van der Waals surface area contributed by atoms with Crippen LogP contribution in [0.25, 0.3) is 0 Å². The molecule has 21 heavy (non-hydrogen) atoms. The van der Waals surface area contributed by atoms with Crippen LogP contribution in [-0.4, -0.2) is 22.1 Å². The predicted molar refractivity (Wildman–Crippen MR) is 81.2 cm³/mol. The first-order valence-electron chi connectivity index (χ1n) is 6.99. The summed E-state index contributed by atoms with van der Waals surface area (Å²) < 4.78 is 0. The van der Waals surface area contributed by atoms with E-state index < -0.39 is 0 Å². The maximum absolute atomic E-state index is 8.68. The van der Waals surface area contributed by atoms with Gasteiger partial charge in [-0.1, -0.05) is 35.5 Å². The van der Waals surface area contributed by atoms with Gasteiger partial charge in [-0.2, -0.15) is 0 Å². The number of benzene rings is 1. The highest BCUT2D eigenvalue weighted by atomic mass is 16.4. The average molecular weight is 282 g/mol. The van der Waals surface area contributed by atoms with Gasteiger partial charge < -0.3 is 16.3 Å². The van der Waals surface area contributed by atoms with Crippen LogP contribution in [0.15, 0.2) is 53.8 Å². The van der Waals surface area contributed by atoms with Crippen LogP contribution in [-0.2, 0) is 6.54 Å². The lowest BCUT2D eigenvalue weighted by molar-refractivity contribution is 0.318. The minimum Gasteiger partial charge on any atom is -0.409 e. The Morgan fingerprint density at radius 3 is 2.90 bits per heavy atom. The minimum absolute atomic E-state index is 0.0328. The molecule has 1 aliphatic carbocycles. The van der Waals surface area contributed by atoms with E-state index in [1.807, 2.05) is 18.2 Å². The maximum Gasteiger partial charge on any atom is 0.188 e. The molecule has 3 rings (SSSR count). The molecular weight excluding hydrogens is 264 g/mol. The van der Waals surface area contributed by atoms with E-state index in [1.54, 1.807) is 6.20 Å². The fourth-order valence-corrected chi connectivity index (χ4v) is 2.51. The van der Waals surface area contributed by atoms with Crippen LogP contribution in [0, 0.1) is 0 Å². The second kappa shape index (κ2) is 5.93. The van der Waals surface area contributed by atoms with Crippen LogP contribution in [0.1, 0.15) is 29.2 Å². The Hall–Kier alpha value is -2.40. The third kappa shape index (κ3) is 3.20. The van der Waals surface area contributed by atoms with Crippen molar-refractivity contribution in [2.24, 2.45) is 10.9 Å². The van der Waals surface area contributed by atoms with E-state index in [4.69, 9.17) is 10.9 Å². The van der Waals surface area contributed by atoms with E-state index in [0.29, 0.717) is 17.7 Å². The van der Waals surface area contributed by atoms with Gasteiger partial charge in [-0.15, -0.1) is 0 Å².